The van der Waals surface area contributed by atoms with Gasteiger partial charge in [-0.05, 0) is 37.4 Å². The summed E-state index contributed by atoms with van der Waals surface area (Å²) in [7, 11) is 0. The molecule has 0 atom stereocenters. The summed E-state index contributed by atoms with van der Waals surface area (Å²) in [4.78, 5) is 0. The lowest BCUT2D eigenvalue weighted by atomic mass is 10.0. The van der Waals surface area contributed by atoms with E-state index in [0.717, 1.165) is 24.3 Å². The molecule has 2 aliphatic rings. The Bertz CT molecular complexity index is 141. The minimum Gasteiger partial charge on any atom is -0.314 e. The number of nitrogens with zero attached hydrogens (tertiary/aromatic N) is 1. The lowest BCUT2D eigenvalue weighted by Gasteiger charge is -2.27. The average molecular weight is 187 g/mol. The van der Waals surface area contributed by atoms with Gasteiger partial charge in [-0.1, -0.05) is 0 Å². The molecule has 0 aromatic heterocycles. The van der Waals surface area contributed by atoms with Crippen molar-refractivity contribution in [1.82, 2.24) is 5.06 Å². The normalized spacial score (nSPS) is 27.8. The summed E-state index contributed by atoms with van der Waals surface area (Å²) in [6, 6.07) is 0. The third kappa shape index (κ3) is 2.64. The Morgan fingerprint density at radius 3 is 2.42 bits per heavy atom. The highest BCUT2D eigenvalue weighted by molar-refractivity contribution is 8.00. The number of rotatable bonds is 3. The number of hydrogen-bond donors (Lipinski definition) is 1. The molecule has 1 saturated heterocycles. The van der Waals surface area contributed by atoms with E-state index in [4.69, 9.17) is 5.21 Å². The number of piperidine rings is 1. The molecule has 70 valence electrons. The lowest BCUT2D eigenvalue weighted by molar-refractivity contribution is -0.110. The number of thioether (sulfide) groups is 1. The van der Waals surface area contributed by atoms with Crippen LogP contribution in [0.5, 0.6) is 0 Å². The van der Waals surface area contributed by atoms with Crippen molar-refractivity contribution in [3.05, 3.63) is 0 Å². The van der Waals surface area contributed by atoms with Crippen LogP contribution in [-0.2, 0) is 0 Å². The Morgan fingerprint density at radius 1 is 1.17 bits per heavy atom. The van der Waals surface area contributed by atoms with Crippen molar-refractivity contribution in [3.8, 4) is 0 Å². The van der Waals surface area contributed by atoms with Crippen molar-refractivity contribution in [1.29, 1.82) is 0 Å². The average Bonchev–Trinajstić information content (AvgIpc) is 2.87. The first-order chi connectivity index (χ1) is 5.84. The quantitative estimate of drug-likeness (QED) is 0.731. The van der Waals surface area contributed by atoms with Gasteiger partial charge in [-0.25, -0.2) is 0 Å². The van der Waals surface area contributed by atoms with E-state index in [1.165, 1.54) is 36.5 Å². The fourth-order valence-electron chi connectivity index (χ4n) is 1.59. The molecule has 2 nitrogen and oxygen atoms in total. The van der Waals surface area contributed by atoms with Crippen LogP contribution in [0.15, 0.2) is 0 Å². The Hall–Kier alpha value is 0.270. The Balaban J connectivity index is 1.60. The van der Waals surface area contributed by atoms with Crippen LogP contribution in [0.4, 0.5) is 0 Å². The summed E-state index contributed by atoms with van der Waals surface area (Å²) in [5, 5.41) is 11.6. The van der Waals surface area contributed by atoms with Crippen molar-refractivity contribution in [3.63, 3.8) is 0 Å². The molecule has 3 heteroatoms. The van der Waals surface area contributed by atoms with Gasteiger partial charge in [-0.2, -0.15) is 16.8 Å². The van der Waals surface area contributed by atoms with Crippen molar-refractivity contribution < 1.29 is 5.21 Å². The molecule has 1 heterocycles. The maximum absolute atomic E-state index is 9.14. The summed E-state index contributed by atoms with van der Waals surface area (Å²) >= 11 is 2.15. The summed E-state index contributed by atoms with van der Waals surface area (Å²) in [6.45, 7) is 1.77. The molecular weight excluding hydrogens is 170 g/mol. The van der Waals surface area contributed by atoms with Crippen molar-refractivity contribution in [2.75, 3.05) is 18.8 Å². The molecule has 0 bridgehead atoms. The van der Waals surface area contributed by atoms with Crippen molar-refractivity contribution >= 4 is 11.8 Å². The molecule has 1 aliphatic carbocycles. The second-order valence-electron chi connectivity index (χ2n) is 3.93. The molecule has 0 radical (unpaired) electrons. The topological polar surface area (TPSA) is 23.5 Å². The van der Waals surface area contributed by atoms with E-state index in [9.17, 15) is 0 Å². The minimum absolute atomic E-state index is 0.874. The highest BCUT2D eigenvalue weighted by atomic mass is 32.2. The first-order valence-corrected chi connectivity index (χ1v) is 5.95. The minimum atomic E-state index is 0.874. The molecular formula is C9H17NOS. The van der Waals surface area contributed by atoms with Crippen LogP contribution in [0.1, 0.15) is 25.7 Å². The van der Waals surface area contributed by atoms with Crippen molar-refractivity contribution in [2.45, 2.75) is 30.9 Å². The van der Waals surface area contributed by atoms with Gasteiger partial charge in [0.05, 0.1) is 0 Å². The summed E-state index contributed by atoms with van der Waals surface area (Å²) in [5.74, 6) is 2.21. The Labute approximate surface area is 78.3 Å². The van der Waals surface area contributed by atoms with Crippen LogP contribution >= 0.6 is 11.8 Å². The number of hydroxylamine groups is 2. The second-order valence-corrected chi connectivity index (χ2v) is 5.26. The highest BCUT2D eigenvalue weighted by Gasteiger charge is 2.24. The molecule has 1 N–H and O–H groups in total. The van der Waals surface area contributed by atoms with E-state index in [1.807, 2.05) is 0 Å². The van der Waals surface area contributed by atoms with Crippen LogP contribution in [-0.4, -0.2) is 34.4 Å². The third-order valence-electron chi connectivity index (χ3n) is 2.68. The largest absolute Gasteiger partial charge is 0.314 e. The molecule has 0 spiro atoms. The van der Waals surface area contributed by atoms with Gasteiger partial charge in [0.15, 0.2) is 0 Å². The van der Waals surface area contributed by atoms with Gasteiger partial charge in [0.1, 0.15) is 0 Å². The predicted molar refractivity (Wildman–Crippen MR) is 51.6 cm³/mol. The lowest BCUT2D eigenvalue weighted by Crippen LogP contribution is -2.31. The molecule has 0 unspecified atom stereocenters. The maximum atomic E-state index is 9.14. The zero-order valence-corrected chi connectivity index (χ0v) is 8.22. The van der Waals surface area contributed by atoms with Gasteiger partial charge in [0.25, 0.3) is 0 Å². The molecule has 2 rings (SSSR count). The van der Waals surface area contributed by atoms with Gasteiger partial charge < -0.3 is 5.21 Å². The van der Waals surface area contributed by atoms with E-state index in [1.54, 1.807) is 0 Å². The maximum Gasteiger partial charge on any atom is 0.0241 e. The summed E-state index contributed by atoms with van der Waals surface area (Å²) in [6.07, 6.45) is 5.28. The molecule has 0 amide bonds. The molecule has 1 aliphatic heterocycles. The first-order valence-electron chi connectivity index (χ1n) is 4.90. The van der Waals surface area contributed by atoms with Crippen LogP contribution in [0.25, 0.3) is 0 Å². The van der Waals surface area contributed by atoms with Crippen LogP contribution in [0.2, 0.25) is 0 Å². The summed E-state index contributed by atoms with van der Waals surface area (Å²) in [5.41, 5.74) is 0. The van der Waals surface area contributed by atoms with Crippen LogP contribution in [0.3, 0.4) is 0 Å². The Kier molecular flexibility index (Phi) is 2.94. The predicted octanol–water partition coefficient (Wildman–Crippen LogP) is 1.98. The first kappa shape index (κ1) is 8.85. The van der Waals surface area contributed by atoms with E-state index >= 15 is 0 Å². The third-order valence-corrected chi connectivity index (χ3v) is 4.29. The van der Waals surface area contributed by atoms with E-state index in [-0.39, 0.29) is 0 Å². The number of hydrogen-bond acceptors (Lipinski definition) is 3. The molecule has 1 saturated carbocycles. The highest BCUT2D eigenvalue weighted by Crippen LogP contribution is 2.36. The monoisotopic (exact) mass is 187 g/mol. The summed E-state index contributed by atoms with van der Waals surface area (Å²) < 4.78 is 0. The zero-order chi connectivity index (χ0) is 8.39. The van der Waals surface area contributed by atoms with Crippen molar-refractivity contribution in [2.24, 2.45) is 5.92 Å². The van der Waals surface area contributed by atoms with E-state index in [2.05, 4.69) is 11.8 Å². The van der Waals surface area contributed by atoms with Gasteiger partial charge in [0, 0.05) is 18.3 Å². The van der Waals surface area contributed by atoms with E-state index in [0.29, 0.717) is 0 Å². The molecule has 12 heavy (non-hydrogen) atoms. The zero-order valence-electron chi connectivity index (χ0n) is 7.41. The molecule has 2 fully saturated rings. The molecule has 0 aromatic carbocycles. The van der Waals surface area contributed by atoms with Gasteiger partial charge in [0.2, 0.25) is 0 Å². The smallest absolute Gasteiger partial charge is 0.0241 e. The van der Waals surface area contributed by atoms with E-state index < -0.39 is 0 Å². The fraction of sp³-hybridized carbons (Fsp3) is 1.00. The van der Waals surface area contributed by atoms with Crippen LogP contribution in [0, 0.1) is 5.92 Å². The second kappa shape index (κ2) is 3.99. The van der Waals surface area contributed by atoms with Gasteiger partial charge >= 0.3 is 0 Å². The fourth-order valence-corrected chi connectivity index (χ4v) is 2.94. The standard InChI is InChI=1S/C9H17NOS/c11-10-5-3-8(4-6-10)7-12-9-1-2-9/h8-9,11H,1-7H2. The Morgan fingerprint density at radius 2 is 1.83 bits per heavy atom. The van der Waals surface area contributed by atoms with Gasteiger partial charge in [-0.3, -0.25) is 0 Å². The van der Waals surface area contributed by atoms with Crippen LogP contribution < -0.4 is 0 Å². The SMILES string of the molecule is ON1CCC(CSC2CC2)CC1. The molecule has 0 aromatic rings. The van der Waals surface area contributed by atoms with Gasteiger partial charge in [-0.15, -0.1) is 0 Å².